The van der Waals surface area contributed by atoms with E-state index in [1.165, 1.54) is 22.0 Å². The van der Waals surface area contributed by atoms with Crippen molar-refractivity contribution < 1.29 is 13.2 Å². The first kappa shape index (κ1) is 29.6. The van der Waals surface area contributed by atoms with Gasteiger partial charge in [0.25, 0.3) is 0 Å². The van der Waals surface area contributed by atoms with Crippen LogP contribution in [0.2, 0.25) is 5.02 Å². The highest BCUT2D eigenvalue weighted by molar-refractivity contribution is 7.92. The molecular formula is C29H40ClN7O3S. The fourth-order valence-corrected chi connectivity index (χ4v) is 6.83. The van der Waals surface area contributed by atoms with Crippen LogP contribution >= 0.6 is 11.6 Å². The van der Waals surface area contributed by atoms with E-state index in [1.807, 2.05) is 0 Å². The second kappa shape index (κ2) is 11.1. The Balaban J connectivity index is 1.46. The molecule has 2 aromatic heterocycles. The van der Waals surface area contributed by atoms with Crippen LogP contribution in [-0.4, -0.2) is 64.6 Å². The highest BCUT2D eigenvalue weighted by atomic mass is 35.5. The van der Waals surface area contributed by atoms with Gasteiger partial charge in [0.1, 0.15) is 10.8 Å². The summed E-state index contributed by atoms with van der Waals surface area (Å²) in [5.41, 5.74) is 3.72. The van der Waals surface area contributed by atoms with Crippen LogP contribution in [0.4, 0.5) is 23.1 Å². The van der Waals surface area contributed by atoms with Gasteiger partial charge in [0, 0.05) is 19.8 Å². The van der Waals surface area contributed by atoms with Crippen LogP contribution in [0.1, 0.15) is 64.0 Å². The van der Waals surface area contributed by atoms with Crippen molar-refractivity contribution in [3.8, 4) is 5.75 Å². The lowest BCUT2D eigenvalue weighted by molar-refractivity contribution is 0.114. The molecule has 2 fully saturated rings. The van der Waals surface area contributed by atoms with Gasteiger partial charge >= 0.3 is 0 Å². The van der Waals surface area contributed by atoms with Crippen molar-refractivity contribution in [2.24, 2.45) is 12.5 Å². The normalized spacial score (nSPS) is 19.4. The number of benzene rings is 1. The lowest BCUT2D eigenvalue weighted by atomic mass is 9.69. The summed E-state index contributed by atoms with van der Waals surface area (Å²) in [5, 5.41) is 10.1. The molecule has 0 spiro atoms. The Morgan fingerprint density at radius 1 is 1.12 bits per heavy atom. The Bertz CT molecular complexity index is 1550. The van der Waals surface area contributed by atoms with E-state index in [1.54, 1.807) is 27.1 Å². The number of piperidine rings is 1. The van der Waals surface area contributed by atoms with Gasteiger partial charge in [0.15, 0.2) is 5.82 Å². The Hall–Kier alpha value is -2.89. The molecule has 0 radical (unpaired) electrons. The van der Waals surface area contributed by atoms with E-state index in [0.29, 0.717) is 17.6 Å². The van der Waals surface area contributed by atoms with E-state index in [4.69, 9.17) is 16.3 Å². The van der Waals surface area contributed by atoms with E-state index in [9.17, 15) is 8.42 Å². The summed E-state index contributed by atoms with van der Waals surface area (Å²) in [5.74, 6) is 1.78. The molecule has 41 heavy (non-hydrogen) atoms. The third kappa shape index (κ3) is 6.32. The molecule has 12 heteroatoms. The molecule has 3 heterocycles. The molecule has 10 nitrogen and oxygen atoms in total. The van der Waals surface area contributed by atoms with Gasteiger partial charge in [-0.05, 0) is 88.2 Å². The van der Waals surface area contributed by atoms with Gasteiger partial charge in [0.05, 0.1) is 28.9 Å². The zero-order valence-electron chi connectivity index (χ0n) is 24.8. The molecule has 1 saturated heterocycles. The number of aromatic nitrogens is 4. The van der Waals surface area contributed by atoms with Gasteiger partial charge < -0.3 is 20.3 Å². The van der Waals surface area contributed by atoms with E-state index in [0.717, 1.165) is 43.8 Å². The Morgan fingerprint density at radius 2 is 1.85 bits per heavy atom. The van der Waals surface area contributed by atoms with Gasteiger partial charge in [-0.2, -0.15) is 10.1 Å². The Labute approximate surface area is 247 Å². The third-order valence-corrected chi connectivity index (χ3v) is 10.3. The van der Waals surface area contributed by atoms with Crippen molar-refractivity contribution in [3.63, 3.8) is 0 Å². The summed E-state index contributed by atoms with van der Waals surface area (Å²) >= 11 is 6.44. The highest BCUT2D eigenvalue weighted by Crippen LogP contribution is 2.46. The van der Waals surface area contributed by atoms with Gasteiger partial charge in [-0.3, -0.25) is 4.68 Å². The summed E-state index contributed by atoms with van der Waals surface area (Å²) < 4.78 is 33.6. The van der Waals surface area contributed by atoms with Crippen molar-refractivity contribution in [2.75, 3.05) is 30.8 Å². The summed E-state index contributed by atoms with van der Waals surface area (Å²) in [4.78, 5) is 11.4. The minimum Gasteiger partial charge on any atom is -0.488 e. The van der Waals surface area contributed by atoms with Crippen molar-refractivity contribution in [2.45, 2.75) is 76.2 Å². The summed E-state index contributed by atoms with van der Waals surface area (Å²) in [7, 11) is 0.218. The van der Waals surface area contributed by atoms with Crippen LogP contribution in [0, 0.1) is 12.3 Å². The maximum absolute atomic E-state index is 12.9. The number of sulfone groups is 1. The molecule has 1 aromatic carbocycles. The van der Waals surface area contributed by atoms with Crippen LogP contribution in [-0.2, 0) is 16.9 Å². The molecule has 3 aromatic rings. The van der Waals surface area contributed by atoms with E-state index in [-0.39, 0.29) is 27.4 Å². The van der Waals surface area contributed by atoms with Gasteiger partial charge in [-0.25, -0.2) is 13.4 Å². The van der Waals surface area contributed by atoms with Crippen LogP contribution < -0.4 is 15.4 Å². The van der Waals surface area contributed by atoms with Crippen LogP contribution in [0.3, 0.4) is 0 Å². The smallest absolute Gasteiger partial charge is 0.229 e. The first-order chi connectivity index (χ1) is 19.2. The van der Waals surface area contributed by atoms with Crippen LogP contribution in [0.5, 0.6) is 5.75 Å². The highest BCUT2D eigenvalue weighted by Gasteiger charge is 2.37. The lowest BCUT2D eigenvalue weighted by Gasteiger charge is -2.44. The first-order valence-corrected chi connectivity index (χ1v) is 16.0. The fourth-order valence-electron chi connectivity index (χ4n) is 5.59. The molecule has 5 rings (SSSR count). The maximum atomic E-state index is 12.9. The minimum absolute atomic E-state index is 0.0534. The molecule has 1 saturated carbocycles. The molecule has 1 aliphatic carbocycles. The number of nitrogens with one attached hydrogen (secondary N) is 2. The quantitative estimate of drug-likeness (QED) is 0.313. The number of anilines is 4. The number of rotatable bonds is 9. The Morgan fingerprint density at radius 3 is 2.51 bits per heavy atom. The lowest BCUT2D eigenvalue weighted by Crippen LogP contribution is -2.42. The number of ether oxygens (including phenoxy) is 1. The summed E-state index contributed by atoms with van der Waals surface area (Å²) in [6, 6.07) is 4.31. The SMILES string of the molecule is Cc1cc(Nc2ncc(Cl)c(Nc3cn(C)nc3S(=O)(=O)C(C)C)n2)c(OC2CC2)cc1C1CCN(C)CC1(C)C. The zero-order valence-corrected chi connectivity index (χ0v) is 26.4. The minimum atomic E-state index is -3.64. The topological polar surface area (TPSA) is 114 Å². The number of aryl methyl sites for hydroxylation is 2. The Kier molecular flexibility index (Phi) is 7.99. The molecule has 1 atom stereocenters. The standard InChI is InChI=1S/C29H40ClN7O3S/c1-17(2)41(38,39)27-24(15-37(7)35-27)32-26-22(30)14-31-28(34-26)33-23-12-18(3)20(13-25(23)40-19-8-9-19)21-10-11-36(6)16-29(21,4)5/h12-15,17,19,21H,8-11,16H2,1-7H3,(H2,31,32,33,34). The van der Waals surface area contributed by atoms with Crippen molar-refractivity contribution >= 4 is 44.6 Å². The van der Waals surface area contributed by atoms with Crippen molar-refractivity contribution in [1.82, 2.24) is 24.6 Å². The number of nitrogens with zero attached hydrogens (tertiary/aromatic N) is 5. The number of hydrogen-bond donors (Lipinski definition) is 2. The zero-order chi connectivity index (χ0) is 29.7. The van der Waals surface area contributed by atoms with Crippen molar-refractivity contribution in [1.29, 1.82) is 0 Å². The second-order valence-electron chi connectivity index (χ2n) is 12.3. The average Bonchev–Trinajstić information content (AvgIpc) is 3.61. The molecular weight excluding hydrogens is 562 g/mol. The number of likely N-dealkylation sites (tertiary alicyclic amines) is 1. The third-order valence-electron chi connectivity index (χ3n) is 7.91. The monoisotopic (exact) mass is 601 g/mol. The molecule has 0 amide bonds. The van der Waals surface area contributed by atoms with Gasteiger partial charge in [0.2, 0.25) is 20.8 Å². The van der Waals surface area contributed by atoms with Crippen molar-refractivity contribution in [3.05, 3.63) is 40.7 Å². The first-order valence-electron chi connectivity index (χ1n) is 14.1. The molecule has 2 N–H and O–H groups in total. The molecule has 1 aliphatic heterocycles. The van der Waals surface area contributed by atoms with Crippen LogP contribution in [0.15, 0.2) is 29.6 Å². The number of halogens is 1. The summed E-state index contributed by atoms with van der Waals surface area (Å²) in [6.45, 7) is 12.2. The summed E-state index contributed by atoms with van der Waals surface area (Å²) in [6.07, 6.45) is 6.47. The molecule has 0 bridgehead atoms. The van der Waals surface area contributed by atoms with Gasteiger partial charge in [-0.15, -0.1) is 0 Å². The second-order valence-corrected chi connectivity index (χ2v) is 15.2. The van der Waals surface area contributed by atoms with E-state index in [2.05, 4.69) is 70.6 Å². The molecule has 2 aliphatic rings. The predicted molar refractivity (Wildman–Crippen MR) is 163 cm³/mol. The van der Waals surface area contributed by atoms with E-state index < -0.39 is 15.1 Å². The maximum Gasteiger partial charge on any atom is 0.229 e. The predicted octanol–water partition coefficient (Wildman–Crippen LogP) is 5.83. The fraction of sp³-hybridized carbons (Fsp3) is 0.552. The van der Waals surface area contributed by atoms with Crippen LogP contribution in [0.25, 0.3) is 0 Å². The van der Waals surface area contributed by atoms with E-state index >= 15 is 0 Å². The average molecular weight is 602 g/mol. The molecule has 222 valence electrons. The molecule has 1 unspecified atom stereocenters. The largest absolute Gasteiger partial charge is 0.488 e. The number of hydrogen-bond acceptors (Lipinski definition) is 9. The van der Waals surface area contributed by atoms with Gasteiger partial charge in [-0.1, -0.05) is 25.4 Å².